The van der Waals surface area contributed by atoms with E-state index in [1.54, 1.807) is 5.57 Å². The molecule has 0 saturated heterocycles. The van der Waals surface area contributed by atoms with Crippen molar-refractivity contribution in [2.45, 2.75) is 123 Å². The van der Waals surface area contributed by atoms with Gasteiger partial charge in [0.1, 0.15) is 0 Å². The van der Waals surface area contributed by atoms with E-state index in [1.807, 2.05) is 13.8 Å². The Morgan fingerprint density at radius 2 is 1.70 bits per heavy atom. The van der Waals surface area contributed by atoms with E-state index >= 15 is 0 Å². The molecule has 3 saturated carbocycles. The Bertz CT molecular complexity index is 674. The largest absolute Gasteiger partial charge is 0.393 e. The maximum absolute atomic E-state index is 11.6. The Morgan fingerprint density at radius 3 is 2.40 bits per heavy atom. The van der Waals surface area contributed by atoms with Crippen LogP contribution in [0.15, 0.2) is 11.6 Å². The Kier molecular flexibility index (Phi) is 5.77. The lowest BCUT2D eigenvalue weighted by molar-refractivity contribution is -0.106. The molecule has 0 amide bonds. The zero-order chi connectivity index (χ0) is 21.9. The highest BCUT2D eigenvalue weighted by atomic mass is 16.3. The van der Waals surface area contributed by atoms with Gasteiger partial charge in [-0.2, -0.15) is 0 Å². The maximum Gasteiger partial charge on any atom is 0.0653 e. The molecule has 172 valence electrons. The summed E-state index contributed by atoms with van der Waals surface area (Å²) in [6.07, 6.45) is 13.9. The second-order valence-electron chi connectivity index (χ2n) is 12.9. The predicted octanol–water partition coefficient (Wildman–Crippen LogP) is 5.62. The van der Waals surface area contributed by atoms with Crippen molar-refractivity contribution in [2.24, 2.45) is 34.5 Å². The predicted molar refractivity (Wildman–Crippen MR) is 122 cm³/mol. The summed E-state index contributed by atoms with van der Waals surface area (Å²) in [6, 6.07) is 0. The first kappa shape index (κ1) is 22.8. The second-order valence-corrected chi connectivity index (χ2v) is 12.9. The number of fused-ring (bicyclic) bond motifs is 5. The summed E-state index contributed by atoms with van der Waals surface area (Å²) in [5.74, 6) is 2.57. The normalized spacial score (nSPS) is 45.7. The van der Waals surface area contributed by atoms with E-state index in [9.17, 15) is 15.3 Å². The van der Waals surface area contributed by atoms with E-state index in [0.717, 1.165) is 56.8 Å². The minimum Gasteiger partial charge on any atom is -0.393 e. The Balaban J connectivity index is 1.51. The molecule has 3 fully saturated rings. The topological polar surface area (TPSA) is 60.7 Å². The van der Waals surface area contributed by atoms with Crippen LogP contribution in [0, 0.1) is 34.5 Å². The third-order valence-electron chi connectivity index (χ3n) is 10.3. The van der Waals surface area contributed by atoms with Crippen LogP contribution in [-0.4, -0.2) is 32.6 Å². The molecule has 0 spiro atoms. The van der Waals surface area contributed by atoms with Crippen LogP contribution in [0.2, 0.25) is 0 Å². The van der Waals surface area contributed by atoms with Crippen LogP contribution < -0.4 is 0 Å². The van der Waals surface area contributed by atoms with Crippen LogP contribution in [0.5, 0.6) is 0 Å². The Labute approximate surface area is 184 Å². The highest BCUT2D eigenvalue weighted by Gasteiger charge is 2.61. The van der Waals surface area contributed by atoms with E-state index in [1.165, 1.54) is 25.7 Å². The van der Waals surface area contributed by atoms with Gasteiger partial charge in [-0.25, -0.2) is 0 Å². The van der Waals surface area contributed by atoms with Crippen LogP contribution in [-0.2, 0) is 0 Å². The van der Waals surface area contributed by atoms with Crippen molar-refractivity contribution in [3.63, 3.8) is 0 Å². The first-order valence-electron chi connectivity index (χ1n) is 12.7. The molecule has 0 unspecified atom stereocenters. The Morgan fingerprint density at radius 1 is 0.967 bits per heavy atom. The molecule has 3 N–H and O–H groups in total. The summed E-state index contributed by atoms with van der Waals surface area (Å²) in [7, 11) is 0. The fourth-order valence-corrected chi connectivity index (χ4v) is 8.72. The summed E-state index contributed by atoms with van der Waals surface area (Å²) in [6.45, 7) is 10.8. The summed E-state index contributed by atoms with van der Waals surface area (Å²) in [5, 5.41) is 31.8. The number of hydrogen-bond acceptors (Lipinski definition) is 3. The molecular weight excluding hydrogens is 372 g/mol. The van der Waals surface area contributed by atoms with Crippen LogP contribution in [0.25, 0.3) is 0 Å². The van der Waals surface area contributed by atoms with Gasteiger partial charge in [-0.1, -0.05) is 25.5 Å². The zero-order valence-corrected chi connectivity index (χ0v) is 20.1. The molecule has 0 bridgehead atoms. The SMILES string of the molecule is CC(C)(O)CCC[C@](C)(O)[C@H]1CC[C@H]2[C@@H]3CC=C4C[C@@H](O)CC[C@]4(C)[C@H]3CC[C@@]21C. The van der Waals surface area contributed by atoms with Crippen LogP contribution in [0.1, 0.15) is 105 Å². The highest BCUT2D eigenvalue weighted by molar-refractivity contribution is 5.25. The fraction of sp³-hybridized carbons (Fsp3) is 0.926. The highest BCUT2D eigenvalue weighted by Crippen LogP contribution is 2.67. The average Bonchev–Trinajstić information content (AvgIpc) is 2.99. The van der Waals surface area contributed by atoms with Gasteiger partial charge in [0.25, 0.3) is 0 Å². The maximum atomic E-state index is 11.6. The van der Waals surface area contributed by atoms with Crippen LogP contribution >= 0.6 is 0 Å². The van der Waals surface area contributed by atoms with E-state index in [2.05, 4.69) is 26.8 Å². The molecule has 0 heterocycles. The molecule has 0 aromatic rings. The van der Waals surface area contributed by atoms with Crippen LogP contribution in [0.4, 0.5) is 0 Å². The van der Waals surface area contributed by atoms with Gasteiger partial charge in [-0.3, -0.25) is 0 Å². The average molecular weight is 419 g/mol. The molecule has 0 aromatic heterocycles. The summed E-state index contributed by atoms with van der Waals surface area (Å²) >= 11 is 0. The van der Waals surface area contributed by atoms with E-state index in [4.69, 9.17) is 0 Å². The lowest BCUT2D eigenvalue weighted by Gasteiger charge is -2.59. The lowest BCUT2D eigenvalue weighted by atomic mass is 9.46. The number of allylic oxidation sites excluding steroid dienone is 1. The minimum atomic E-state index is -0.647. The van der Waals surface area contributed by atoms with E-state index < -0.39 is 11.2 Å². The van der Waals surface area contributed by atoms with Crippen LogP contribution in [0.3, 0.4) is 0 Å². The van der Waals surface area contributed by atoms with Gasteiger partial charge in [-0.05, 0) is 126 Å². The van der Waals surface area contributed by atoms with Crippen molar-refractivity contribution in [3.05, 3.63) is 11.6 Å². The number of rotatable bonds is 5. The molecule has 30 heavy (non-hydrogen) atoms. The first-order chi connectivity index (χ1) is 13.9. The molecule has 3 heteroatoms. The zero-order valence-electron chi connectivity index (χ0n) is 20.1. The third-order valence-corrected chi connectivity index (χ3v) is 10.3. The van der Waals surface area contributed by atoms with Crippen molar-refractivity contribution in [1.82, 2.24) is 0 Å². The molecule has 4 aliphatic carbocycles. The Hall–Kier alpha value is -0.380. The van der Waals surface area contributed by atoms with Gasteiger partial charge < -0.3 is 15.3 Å². The van der Waals surface area contributed by atoms with Crippen molar-refractivity contribution >= 4 is 0 Å². The molecule has 4 rings (SSSR count). The molecule has 4 aliphatic rings. The quantitative estimate of drug-likeness (QED) is 0.508. The minimum absolute atomic E-state index is 0.135. The van der Waals surface area contributed by atoms with Crippen molar-refractivity contribution in [3.8, 4) is 0 Å². The van der Waals surface area contributed by atoms with E-state index in [-0.39, 0.29) is 16.9 Å². The summed E-state index contributed by atoms with van der Waals surface area (Å²) < 4.78 is 0. The molecule has 0 aliphatic heterocycles. The second kappa shape index (κ2) is 7.59. The van der Waals surface area contributed by atoms with Crippen molar-refractivity contribution in [1.29, 1.82) is 0 Å². The first-order valence-corrected chi connectivity index (χ1v) is 12.7. The van der Waals surface area contributed by atoms with Gasteiger partial charge in [-0.15, -0.1) is 0 Å². The van der Waals surface area contributed by atoms with Gasteiger partial charge in [0.15, 0.2) is 0 Å². The molecule has 3 nitrogen and oxygen atoms in total. The van der Waals surface area contributed by atoms with Gasteiger partial charge >= 0.3 is 0 Å². The smallest absolute Gasteiger partial charge is 0.0653 e. The molecular formula is C27H46O3. The number of aliphatic hydroxyl groups excluding tert-OH is 1. The summed E-state index contributed by atoms with van der Waals surface area (Å²) in [5.41, 5.74) is 0.771. The van der Waals surface area contributed by atoms with E-state index in [0.29, 0.717) is 11.8 Å². The van der Waals surface area contributed by atoms with Gasteiger partial charge in [0, 0.05) is 0 Å². The lowest BCUT2D eigenvalue weighted by Crippen LogP contribution is -2.53. The van der Waals surface area contributed by atoms with Gasteiger partial charge in [0.2, 0.25) is 0 Å². The molecule has 0 aromatic carbocycles. The van der Waals surface area contributed by atoms with Crippen molar-refractivity contribution < 1.29 is 15.3 Å². The molecule has 0 radical (unpaired) electrons. The standard InChI is InChI=1S/C27H46O3/c1-24(2,29)13-6-14-27(5,30)23-10-9-21-20-8-7-18-17-19(28)11-15-25(18,3)22(20)12-16-26(21,23)4/h7,19-23,28-30H,6,8-17H2,1-5H3/t19-,20-,21-,22-,23-,25-,26-,27-/m0/s1. The summed E-state index contributed by atoms with van der Waals surface area (Å²) in [4.78, 5) is 0. The molecule has 8 atom stereocenters. The fourth-order valence-electron chi connectivity index (χ4n) is 8.72. The third kappa shape index (κ3) is 3.82. The van der Waals surface area contributed by atoms with Crippen molar-refractivity contribution in [2.75, 3.05) is 0 Å². The number of aliphatic hydroxyl groups is 3. The monoisotopic (exact) mass is 418 g/mol. The van der Waals surface area contributed by atoms with Gasteiger partial charge in [0.05, 0.1) is 17.3 Å². The number of hydrogen-bond donors (Lipinski definition) is 3.